The minimum Gasteiger partial charge on any atom is -0.456 e. The number of hydrogen-bond donors (Lipinski definition) is 2. The Morgan fingerprint density at radius 2 is 0.765 bits per heavy atom. The maximum atomic E-state index is 13.6. The number of ether oxygens (including phenoxy) is 1. The fraction of sp³-hybridized carbons (Fsp3) is 0.627. The highest BCUT2D eigenvalue weighted by Gasteiger charge is 2.30. The molecule has 10 heteroatoms. The summed E-state index contributed by atoms with van der Waals surface area (Å²) >= 11 is 0. The predicted molar refractivity (Wildman–Crippen MR) is 368 cm³/mol. The lowest BCUT2D eigenvalue weighted by atomic mass is 10.0. The number of phosphoric acid groups is 1. The molecular formula is C75H126N2O7P+. The van der Waals surface area contributed by atoms with Crippen molar-refractivity contribution >= 4 is 19.7 Å². The number of hydrogen-bond acceptors (Lipinski definition) is 6. The van der Waals surface area contributed by atoms with Gasteiger partial charge in [-0.05, 0) is 122 Å². The molecule has 0 radical (unpaired) electrons. The number of phosphoric ester groups is 1. The predicted octanol–water partition coefficient (Wildman–Crippen LogP) is 21.6. The Balaban J connectivity index is 5.28. The zero-order valence-corrected chi connectivity index (χ0v) is 55.9. The summed E-state index contributed by atoms with van der Waals surface area (Å²) in [5, 5.41) is 3.01. The zero-order chi connectivity index (χ0) is 62.1. The molecule has 0 heterocycles. The number of likely N-dealkylation sites (N-methyl/N-ethyl adjacent to an activating group) is 1. The topological polar surface area (TPSA) is 111 Å². The number of carbonyl (C=O) groups excluding carboxylic acids is 2. The normalized spacial score (nSPS) is 14.6. The Morgan fingerprint density at radius 1 is 0.424 bits per heavy atom. The van der Waals surface area contributed by atoms with Gasteiger partial charge < -0.3 is 19.4 Å². The van der Waals surface area contributed by atoms with Crippen molar-refractivity contribution in [3.05, 3.63) is 158 Å². The van der Waals surface area contributed by atoms with Crippen LogP contribution in [0.2, 0.25) is 0 Å². The molecule has 0 aromatic carbocycles. The van der Waals surface area contributed by atoms with Crippen LogP contribution in [0.5, 0.6) is 0 Å². The third-order valence-corrected chi connectivity index (χ3v) is 15.0. The maximum Gasteiger partial charge on any atom is 0.472 e. The van der Waals surface area contributed by atoms with Crippen LogP contribution >= 0.6 is 7.82 Å². The summed E-state index contributed by atoms with van der Waals surface area (Å²) < 4.78 is 30.7. The Labute approximate surface area is 522 Å². The molecule has 0 rings (SSSR count). The molecule has 3 unspecified atom stereocenters. The molecule has 0 saturated carbocycles. The van der Waals surface area contributed by atoms with Crippen LogP contribution in [-0.2, 0) is 27.9 Å². The van der Waals surface area contributed by atoms with E-state index in [0.717, 1.165) is 122 Å². The molecule has 85 heavy (non-hydrogen) atoms. The lowest BCUT2D eigenvalue weighted by Gasteiger charge is -2.27. The maximum absolute atomic E-state index is 13.6. The average Bonchev–Trinajstić information content (AvgIpc) is 3.50. The third kappa shape index (κ3) is 63.9. The van der Waals surface area contributed by atoms with E-state index in [1.165, 1.54) is 83.5 Å². The van der Waals surface area contributed by atoms with Gasteiger partial charge in [-0.1, -0.05) is 275 Å². The van der Waals surface area contributed by atoms with E-state index >= 15 is 0 Å². The smallest absolute Gasteiger partial charge is 0.456 e. The molecule has 0 aromatic rings. The molecular weight excluding hydrogens is 1070 g/mol. The molecule has 9 nitrogen and oxygen atoms in total. The van der Waals surface area contributed by atoms with Crippen LogP contribution in [0.25, 0.3) is 0 Å². The molecule has 0 aliphatic heterocycles. The number of rotatable bonds is 59. The number of carbonyl (C=O) groups is 2. The van der Waals surface area contributed by atoms with Gasteiger partial charge in [-0.25, -0.2) is 4.57 Å². The lowest BCUT2D eigenvalue weighted by Crippen LogP contribution is -2.47. The largest absolute Gasteiger partial charge is 0.472 e. The first-order chi connectivity index (χ1) is 41.4. The van der Waals surface area contributed by atoms with Crippen LogP contribution < -0.4 is 5.32 Å². The van der Waals surface area contributed by atoms with E-state index in [9.17, 15) is 19.0 Å². The lowest BCUT2D eigenvalue weighted by molar-refractivity contribution is -0.870. The molecule has 0 aromatic heterocycles. The number of nitrogens with zero attached hydrogens (tertiary/aromatic N) is 1. The fourth-order valence-electron chi connectivity index (χ4n) is 8.85. The summed E-state index contributed by atoms with van der Waals surface area (Å²) in [4.78, 5) is 37.8. The zero-order valence-electron chi connectivity index (χ0n) is 55.0. The molecule has 0 bridgehead atoms. The second-order valence-electron chi connectivity index (χ2n) is 23.2. The molecule has 1 amide bonds. The molecule has 0 saturated heterocycles. The highest BCUT2D eigenvalue weighted by atomic mass is 31.2. The minimum atomic E-state index is -4.49. The summed E-state index contributed by atoms with van der Waals surface area (Å²) in [5.74, 6) is -0.622. The van der Waals surface area contributed by atoms with Crippen LogP contribution in [0.1, 0.15) is 252 Å². The van der Waals surface area contributed by atoms with Crippen molar-refractivity contribution in [1.82, 2.24) is 5.32 Å². The van der Waals surface area contributed by atoms with Crippen molar-refractivity contribution in [3.63, 3.8) is 0 Å². The quantitative estimate of drug-likeness (QED) is 0.0205. The van der Waals surface area contributed by atoms with Gasteiger partial charge in [0.15, 0.2) is 0 Å². The van der Waals surface area contributed by atoms with Gasteiger partial charge >= 0.3 is 13.8 Å². The first kappa shape index (κ1) is 80.6. The number of amides is 1. The fourth-order valence-corrected chi connectivity index (χ4v) is 9.58. The highest BCUT2D eigenvalue weighted by molar-refractivity contribution is 7.47. The van der Waals surface area contributed by atoms with Crippen LogP contribution in [0.15, 0.2) is 158 Å². The standard InChI is InChI=1S/C75H125N2O7P/c1-7-10-13-16-19-22-25-28-30-32-34-35-36-37-38-39-40-41-43-45-47-50-53-56-59-62-65-68-75(79)84-73(66-63-60-57-54-51-48-27-24-21-18-15-12-9-3)72(71-83-85(80,81)82-70-69-77(4,5)6)76-74(78)67-64-61-58-55-52-49-46-44-42-33-31-29-26-23-20-17-14-11-8-2/h10-11,13-14,19-20,22-23,28-31,34-35,37-38,40-42,44,49,52,58,61,63,66,72-73H,7-9,12,15-18,21,24-27,32-33,36,39,43,45-48,50-51,53-57,59-60,62,64-65,67-71H2,1-6H3,(H-,76,78,80,81)/p+1/b13-10-,14-11-,22-19-,23-20-,30-28-,31-29-,35-34-,38-37-,41-40-,44-42-,52-49-,61-58-,66-63-. The molecule has 0 aliphatic rings. The van der Waals surface area contributed by atoms with Gasteiger partial charge in [-0.15, -0.1) is 0 Å². The second-order valence-corrected chi connectivity index (χ2v) is 24.7. The number of nitrogens with one attached hydrogen (secondary N) is 1. The van der Waals surface area contributed by atoms with Crippen LogP contribution in [0, 0.1) is 0 Å². The summed E-state index contributed by atoms with van der Waals surface area (Å²) in [6, 6.07) is -0.905. The van der Waals surface area contributed by atoms with Crippen molar-refractivity contribution in [2.45, 2.75) is 264 Å². The van der Waals surface area contributed by atoms with Crippen molar-refractivity contribution in [2.24, 2.45) is 0 Å². The summed E-state index contributed by atoms with van der Waals surface area (Å²) in [7, 11) is 1.42. The Morgan fingerprint density at radius 3 is 1.15 bits per heavy atom. The summed E-state index contributed by atoms with van der Waals surface area (Å²) in [6.45, 7) is 6.71. The average molecular weight is 1200 g/mol. The van der Waals surface area contributed by atoms with Crippen molar-refractivity contribution in [1.29, 1.82) is 0 Å². The van der Waals surface area contributed by atoms with Crippen LogP contribution in [-0.4, -0.2) is 74.3 Å². The van der Waals surface area contributed by atoms with E-state index < -0.39 is 20.0 Å². The number of esters is 1. The van der Waals surface area contributed by atoms with Gasteiger partial charge in [-0.3, -0.25) is 18.6 Å². The summed E-state index contributed by atoms with van der Waals surface area (Å²) in [6.07, 6.45) is 92.7. The number of unbranched alkanes of at least 4 members (excludes halogenated alkanes) is 19. The minimum absolute atomic E-state index is 0.0165. The van der Waals surface area contributed by atoms with Gasteiger partial charge in [0.25, 0.3) is 0 Å². The van der Waals surface area contributed by atoms with E-state index in [2.05, 4.69) is 166 Å². The van der Waals surface area contributed by atoms with Gasteiger partial charge in [-0.2, -0.15) is 0 Å². The Hall–Kier alpha value is -4.37. The van der Waals surface area contributed by atoms with E-state index in [0.29, 0.717) is 23.9 Å². The monoisotopic (exact) mass is 1200 g/mol. The van der Waals surface area contributed by atoms with E-state index in [-0.39, 0.29) is 37.9 Å². The number of allylic oxidation sites excluding steroid dienone is 25. The van der Waals surface area contributed by atoms with Crippen molar-refractivity contribution in [3.8, 4) is 0 Å². The van der Waals surface area contributed by atoms with Gasteiger partial charge in [0, 0.05) is 12.8 Å². The van der Waals surface area contributed by atoms with Crippen LogP contribution in [0.3, 0.4) is 0 Å². The molecule has 2 N–H and O–H groups in total. The molecule has 3 atom stereocenters. The first-order valence-electron chi connectivity index (χ1n) is 33.8. The second kappa shape index (κ2) is 62.7. The van der Waals surface area contributed by atoms with Crippen molar-refractivity contribution < 1.29 is 37.3 Å². The van der Waals surface area contributed by atoms with Crippen LogP contribution in [0.4, 0.5) is 0 Å². The summed E-state index contributed by atoms with van der Waals surface area (Å²) in [5.41, 5.74) is 0. The number of quaternary nitrogens is 1. The molecule has 482 valence electrons. The molecule has 0 fully saturated rings. The van der Waals surface area contributed by atoms with E-state index in [1.807, 2.05) is 39.4 Å². The molecule has 0 aliphatic carbocycles. The van der Waals surface area contributed by atoms with Crippen molar-refractivity contribution in [2.75, 3.05) is 40.9 Å². The third-order valence-electron chi connectivity index (χ3n) is 14.0. The van der Waals surface area contributed by atoms with E-state index in [1.54, 1.807) is 0 Å². The Kier molecular flexibility index (Phi) is 59.5. The van der Waals surface area contributed by atoms with E-state index in [4.69, 9.17) is 13.8 Å². The Bertz CT molecular complexity index is 2010. The van der Waals surface area contributed by atoms with Gasteiger partial charge in [0.05, 0.1) is 33.8 Å². The van der Waals surface area contributed by atoms with Gasteiger partial charge in [0.1, 0.15) is 19.3 Å². The SMILES string of the molecule is CC/C=C\C/C=C\C/C=C\C/C=C\C/C=C\C/C=C\CCCCCCCCCCC(=O)OC(/C=C\CCCCCCCCCCCCC)C(COP(=O)(O)OCC[N+](C)(C)C)NC(=O)CC/C=C\C/C=C\C/C=C\C/C=C\C/C=C\C/C=C\CC. The molecule has 0 spiro atoms. The highest BCUT2D eigenvalue weighted by Crippen LogP contribution is 2.43. The van der Waals surface area contributed by atoms with Gasteiger partial charge in [0.2, 0.25) is 5.91 Å². The first-order valence-corrected chi connectivity index (χ1v) is 35.3.